The molecule has 0 saturated heterocycles. The first-order valence-electron chi connectivity index (χ1n) is 5.95. The summed E-state index contributed by atoms with van der Waals surface area (Å²) in [5.41, 5.74) is -0.864. The average Bonchev–Trinajstić information content (AvgIpc) is 2.24. The number of nitrogens with one attached hydrogen (secondary N) is 1. The van der Waals surface area contributed by atoms with Crippen molar-refractivity contribution in [3.8, 4) is 0 Å². The van der Waals surface area contributed by atoms with Gasteiger partial charge in [-0.05, 0) is 19.8 Å². The summed E-state index contributed by atoms with van der Waals surface area (Å²) < 4.78 is 27.4. The summed E-state index contributed by atoms with van der Waals surface area (Å²) >= 11 is 0. The third-order valence-electron chi connectivity index (χ3n) is 2.60. The molecular weight excluding hydrogens is 242 g/mol. The molecule has 104 valence electrons. The van der Waals surface area contributed by atoms with E-state index in [1.54, 1.807) is 21.0 Å². The minimum atomic E-state index is -2.92. The van der Waals surface area contributed by atoms with E-state index in [0.717, 1.165) is 0 Å². The number of aliphatic hydroxyl groups is 1. The van der Waals surface area contributed by atoms with Gasteiger partial charge >= 0.3 is 0 Å². The molecule has 0 saturated carbocycles. The molecule has 0 spiro atoms. The van der Waals surface area contributed by atoms with Crippen molar-refractivity contribution in [2.24, 2.45) is 0 Å². The van der Waals surface area contributed by atoms with Gasteiger partial charge in [-0.15, -0.1) is 0 Å². The number of ether oxygens (including phenoxy) is 1. The SMILES string of the molecule is CCS(=O)(=O)CCCC(C)(O)CNCCOC. The van der Waals surface area contributed by atoms with Crippen LogP contribution in [0.15, 0.2) is 0 Å². The van der Waals surface area contributed by atoms with Crippen molar-refractivity contribution >= 4 is 9.84 Å². The molecule has 0 aromatic carbocycles. The minimum absolute atomic E-state index is 0.151. The van der Waals surface area contributed by atoms with Crippen LogP contribution in [0.1, 0.15) is 26.7 Å². The molecule has 0 heterocycles. The van der Waals surface area contributed by atoms with E-state index in [4.69, 9.17) is 4.74 Å². The molecule has 0 aliphatic heterocycles. The molecule has 0 amide bonds. The molecule has 0 aliphatic rings. The Morgan fingerprint density at radius 1 is 1.41 bits per heavy atom. The van der Waals surface area contributed by atoms with Crippen molar-refractivity contribution < 1.29 is 18.3 Å². The second kappa shape index (κ2) is 8.02. The summed E-state index contributed by atoms with van der Waals surface area (Å²) in [6.07, 6.45) is 0.974. The zero-order valence-corrected chi connectivity index (χ0v) is 11.8. The monoisotopic (exact) mass is 267 g/mol. The van der Waals surface area contributed by atoms with Gasteiger partial charge in [0.2, 0.25) is 0 Å². The van der Waals surface area contributed by atoms with Crippen molar-refractivity contribution in [3.63, 3.8) is 0 Å². The fourth-order valence-electron chi connectivity index (χ4n) is 1.44. The molecule has 17 heavy (non-hydrogen) atoms. The van der Waals surface area contributed by atoms with Crippen LogP contribution < -0.4 is 5.32 Å². The molecule has 1 atom stereocenters. The van der Waals surface area contributed by atoms with Crippen molar-refractivity contribution in [2.75, 3.05) is 38.3 Å². The molecule has 0 fully saturated rings. The smallest absolute Gasteiger partial charge is 0.150 e. The van der Waals surface area contributed by atoms with Gasteiger partial charge in [-0.2, -0.15) is 0 Å². The van der Waals surface area contributed by atoms with E-state index in [-0.39, 0.29) is 11.5 Å². The quantitative estimate of drug-likeness (QED) is 0.553. The highest BCUT2D eigenvalue weighted by Gasteiger charge is 2.20. The minimum Gasteiger partial charge on any atom is -0.389 e. The Labute approximate surface area is 104 Å². The Morgan fingerprint density at radius 2 is 2.06 bits per heavy atom. The number of sulfone groups is 1. The molecule has 0 aliphatic carbocycles. The van der Waals surface area contributed by atoms with Crippen LogP contribution in [0, 0.1) is 0 Å². The lowest BCUT2D eigenvalue weighted by Crippen LogP contribution is -2.39. The molecule has 0 bridgehead atoms. The fourth-order valence-corrected chi connectivity index (χ4v) is 2.31. The first kappa shape index (κ1) is 16.8. The summed E-state index contributed by atoms with van der Waals surface area (Å²) in [6, 6.07) is 0. The first-order valence-corrected chi connectivity index (χ1v) is 7.77. The number of rotatable bonds is 10. The lowest BCUT2D eigenvalue weighted by molar-refractivity contribution is 0.0486. The lowest BCUT2D eigenvalue weighted by Gasteiger charge is -2.23. The van der Waals surface area contributed by atoms with Gasteiger partial charge < -0.3 is 15.2 Å². The normalized spacial score (nSPS) is 15.8. The summed E-state index contributed by atoms with van der Waals surface area (Å²) in [7, 11) is -1.30. The van der Waals surface area contributed by atoms with E-state index < -0.39 is 15.4 Å². The number of methoxy groups -OCH3 is 1. The molecule has 0 rings (SSSR count). The van der Waals surface area contributed by atoms with Crippen LogP contribution in [0.4, 0.5) is 0 Å². The van der Waals surface area contributed by atoms with Gasteiger partial charge in [0.05, 0.1) is 18.0 Å². The standard InChI is InChI=1S/C11H25NO4S/c1-4-17(14,15)9-5-6-11(2,13)10-12-7-8-16-3/h12-13H,4-10H2,1-3H3. The van der Waals surface area contributed by atoms with Crippen LogP contribution >= 0.6 is 0 Å². The van der Waals surface area contributed by atoms with Gasteiger partial charge in [-0.25, -0.2) is 8.42 Å². The molecule has 0 aromatic rings. The number of hydrogen-bond donors (Lipinski definition) is 2. The largest absolute Gasteiger partial charge is 0.389 e. The van der Waals surface area contributed by atoms with E-state index in [1.807, 2.05) is 0 Å². The van der Waals surface area contributed by atoms with E-state index >= 15 is 0 Å². The maximum atomic E-state index is 11.3. The van der Waals surface area contributed by atoms with Crippen LogP contribution in [0.5, 0.6) is 0 Å². The van der Waals surface area contributed by atoms with E-state index in [0.29, 0.717) is 32.5 Å². The van der Waals surface area contributed by atoms with E-state index in [9.17, 15) is 13.5 Å². The molecule has 5 nitrogen and oxygen atoms in total. The van der Waals surface area contributed by atoms with Crippen LogP contribution in [0.2, 0.25) is 0 Å². The molecule has 0 radical (unpaired) electrons. The third kappa shape index (κ3) is 9.52. The van der Waals surface area contributed by atoms with Crippen molar-refractivity contribution in [1.29, 1.82) is 0 Å². The number of hydrogen-bond acceptors (Lipinski definition) is 5. The summed E-state index contributed by atoms with van der Waals surface area (Å²) in [5, 5.41) is 13.0. The Balaban J connectivity index is 3.78. The van der Waals surface area contributed by atoms with Crippen LogP contribution in [0.25, 0.3) is 0 Å². The Kier molecular flexibility index (Phi) is 7.94. The molecule has 2 N–H and O–H groups in total. The van der Waals surface area contributed by atoms with Gasteiger partial charge in [0.25, 0.3) is 0 Å². The van der Waals surface area contributed by atoms with Crippen molar-refractivity contribution in [3.05, 3.63) is 0 Å². The second-order valence-corrected chi connectivity index (χ2v) is 6.98. The molecule has 6 heteroatoms. The molecule has 0 aromatic heterocycles. The average molecular weight is 267 g/mol. The second-order valence-electron chi connectivity index (χ2n) is 4.51. The predicted octanol–water partition coefficient (Wildman–Crippen LogP) is 0.188. The van der Waals surface area contributed by atoms with Gasteiger partial charge in [0.15, 0.2) is 0 Å². The van der Waals surface area contributed by atoms with Gasteiger partial charge in [-0.3, -0.25) is 0 Å². The zero-order chi connectivity index (χ0) is 13.4. The zero-order valence-electron chi connectivity index (χ0n) is 11.0. The fraction of sp³-hybridized carbons (Fsp3) is 1.00. The van der Waals surface area contributed by atoms with E-state index in [1.165, 1.54) is 0 Å². The maximum Gasteiger partial charge on any atom is 0.150 e. The van der Waals surface area contributed by atoms with Gasteiger partial charge in [0, 0.05) is 26.0 Å². The van der Waals surface area contributed by atoms with Crippen LogP contribution in [-0.2, 0) is 14.6 Å². The highest BCUT2D eigenvalue weighted by atomic mass is 32.2. The maximum absolute atomic E-state index is 11.3. The summed E-state index contributed by atoms with van der Waals surface area (Å²) in [5.74, 6) is 0.318. The van der Waals surface area contributed by atoms with E-state index in [2.05, 4.69) is 5.32 Å². The lowest BCUT2D eigenvalue weighted by atomic mass is 10.0. The topological polar surface area (TPSA) is 75.6 Å². The van der Waals surface area contributed by atoms with Crippen molar-refractivity contribution in [2.45, 2.75) is 32.3 Å². The molecule has 1 unspecified atom stereocenters. The first-order chi connectivity index (χ1) is 7.83. The summed E-state index contributed by atoms with van der Waals surface area (Å²) in [6.45, 7) is 5.08. The van der Waals surface area contributed by atoms with Crippen LogP contribution in [-0.4, -0.2) is 57.4 Å². The Bertz CT molecular complexity index is 288. The van der Waals surface area contributed by atoms with Crippen molar-refractivity contribution in [1.82, 2.24) is 5.32 Å². The Morgan fingerprint density at radius 3 is 2.59 bits per heavy atom. The van der Waals surface area contributed by atoms with Crippen LogP contribution in [0.3, 0.4) is 0 Å². The van der Waals surface area contributed by atoms with Gasteiger partial charge in [-0.1, -0.05) is 6.92 Å². The summed E-state index contributed by atoms with van der Waals surface area (Å²) in [4.78, 5) is 0. The molecular formula is C11H25NO4S. The van der Waals surface area contributed by atoms with Gasteiger partial charge in [0.1, 0.15) is 9.84 Å². The highest BCUT2D eigenvalue weighted by molar-refractivity contribution is 7.91. The Hall–Kier alpha value is -0.170. The third-order valence-corrected chi connectivity index (χ3v) is 4.39. The predicted molar refractivity (Wildman–Crippen MR) is 68.9 cm³/mol. The highest BCUT2D eigenvalue weighted by Crippen LogP contribution is 2.12.